The molecule has 0 bridgehead atoms. The molecule has 20 heavy (non-hydrogen) atoms. The van der Waals surface area contributed by atoms with Crippen molar-refractivity contribution in [3.63, 3.8) is 0 Å². The monoisotopic (exact) mass is 298 g/mol. The van der Waals surface area contributed by atoms with Crippen molar-refractivity contribution in [1.82, 2.24) is 15.3 Å². The van der Waals surface area contributed by atoms with Crippen LogP contribution in [0.15, 0.2) is 6.20 Å². The Bertz CT molecular complexity index is 435. The maximum absolute atomic E-state index is 6.28. The van der Waals surface area contributed by atoms with Crippen molar-refractivity contribution < 1.29 is 4.74 Å². The van der Waals surface area contributed by atoms with Crippen LogP contribution in [0.4, 0.5) is 5.82 Å². The molecule has 1 saturated heterocycles. The van der Waals surface area contributed by atoms with E-state index in [1.54, 1.807) is 13.3 Å². The molecule has 0 amide bonds. The van der Waals surface area contributed by atoms with Crippen LogP contribution in [0.25, 0.3) is 0 Å². The van der Waals surface area contributed by atoms with Gasteiger partial charge in [-0.25, -0.2) is 4.98 Å². The zero-order valence-corrected chi connectivity index (χ0v) is 13.2. The number of nitrogens with one attached hydrogen (secondary N) is 1. The molecule has 0 unspecified atom stereocenters. The highest BCUT2D eigenvalue weighted by atomic mass is 35.5. The van der Waals surface area contributed by atoms with E-state index in [2.05, 4.69) is 34.0 Å². The summed E-state index contributed by atoms with van der Waals surface area (Å²) in [5, 5.41) is 3.97. The number of methoxy groups -OCH3 is 1. The topological polar surface area (TPSA) is 50.3 Å². The van der Waals surface area contributed by atoms with E-state index >= 15 is 0 Å². The molecule has 2 heterocycles. The van der Waals surface area contributed by atoms with Gasteiger partial charge in [-0.2, -0.15) is 4.98 Å². The summed E-state index contributed by atoms with van der Waals surface area (Å²) in [6.45, 7) is 7.48. The third-order valence-corrected chi connectivity index (χ3v) is 3.96. The molecule has 5 nitrogen and oxygen atoms in total. The normalized spacial score (nSPS) is 16.4. The van der Waals surface area contributed by atoms with Crippen LogP contribution < -0.4 is 15.0 Å². The van der Waals surface area contributed by atoms with Gasteiger partial charge in [0.05, 0.1) is 13.3 Å². The van der Waals surface area contributed by atoms with Crippen molar-refractivity contribution in [1.29, 1.82) is 0 Å². The second kappa shape index (κ2) is 7.09. The minimum atomic E-state index is 0.335. The Morgan fingerprint density at radius 2 is 2.15 bits per heavy atom. The highest BCUT2D eigenvalue weighted by Crippen LogP contribution is 2.28. The molecule has 1 N–H and O–H groups in total. The number of hydrogen-bond donors (Lipinski definition) is 1. The van der Waals surface area contributed by atoms with Gasteiger partial charge in [0, 0.05) is 12.6 Å². The standard InChI is InChI=1S/C14H23ClN4O/c1-10(2)19(9-11-4-6-16-7-5-11)13-12(15)8-17-14(18-13)20-3/h8,10-11,16H,4-7,9H2,1-3H3. The summed E-state index contributed by atoms with van der Waals surface area (Å²) in [6, 6.07) is 0.697. The summed E-state index contributed by atoms with van der Waals surface area (Å²) in [4.78, 5) is 10.7. The lowest BCUT2D eigenvalue weighted by Gasteiger charge is -2.34. The number of nitrogens with zero attached hydrogens (tertiary/aromatic N) is 3. The summed E-state index contributed by atoms with van der Waals surface area (Å²) in [7, 11) is 1.57. The molecular weight excluding hydrogens is 276 g/mol. The molecule has 0 atom stereocenters. The summed E-state index contributed by atoms with van der Waals surface area (Å²) < 4.78 is 5.11. The maximum Gasteiger partial charge on any atom is 0.318 e. The predicted molar refractivity (Wildman–Crippen MR) is 81.7 cm³/mol. The molecular formula is C14H23ClN4O. The summed E-state index contributed by atoms with van der Waals surface area (Å²) in [6.07, 6.45) is 4.01. The molecule has 6 heteroatoms. The van der Waals surface area contributed by atoms with Gasteiger partial charge in [-0.3, -0.25) is 0 Å². The molecule has 0 radical (unpaired) electrons. The van der Waals surface area contributed by atoms with Gasteiger partial charge in [-0.05, 0) is 45.7 Å². The third kappa shape index (κ3) is 3.73. The first-order chi connectivity index (χ1) is 9.61. The molecule has 0 spiro atoms. The molecule has 1 aliphatic rings. The van der Waals surface area contributed by atoms with Crippen molar-refractivity contribution in [2.75, 3.05) is 31.6 Å². The number of halogens is 1. The Morgan fingerprint density at radius 3 is 2.75 bits per heavy atom. The van der Waals surface area contributed by atoms with E-state index in [1.807, 2.05) is 0 Å². The van der Waals surface area contributed by atoms with Crippen molar-refractivity contribution in [3.05, 3.63) is 11.2 Å². The van der Waals surface area contributed by atoms with Gasteiger partial charge in [0.2, 0.25) is 0 Å². The molecule has 112 valence electrons. The largest absolute Gasteiger partial charge is 0.467 e. The lowest BCUT2D eigenvalue weighted by molar-refractivity contribution is 0.362. The average Bonchev–Trinajstić information content (AvgIpc) is 2.46. The number of rotatable bonds is 5. The fraction of sp³-hybridized carbons (Fsp3) is 0.714. The van der Waals surface area contributed by atoms with Crippen LogP contribution in [0.2, 0.25) is 5.02 Å². The quantitative estimate of drug-likeness (QED) is 0.904. The van der Waals surface area contributed by atoms with Gasteiger partial charge in [0.25, 0.3) is 0 Å². The highest BCUT2D eigenvalue weighted by Gasteiger charge is 2.22. The number of piperidine rings is 1. The van der Waals surface area contributed by atoms with Gasteiger partial charge < -0.3 is 15.0 Å². The van der Waals surface area contributed by atoms with Gasteiger partial charge in [-0.1, -0.05) is 11.6 Å². The zero-order chi connectivity index (χ0) is 14.5. The van der Waals surface area contributed by atoms with Crippen molar-refractivity contribution in [3.8, 4) is 6.01 Å². The molecule has 0 saturated carbocycles. The van der Waals surface area contributed by atoms with Gasteiger partial charge in [-0.15, -0.1) is 0 Å². The zero-order valence-electron chi connectivity index (χ0n) is 12.4. The Hall–Kier alpha value is -1.07. The minimum Gasteiger partial charge on any atom is -0.467 e. The van der Waals surface area contributed by atoms with Gasteiger partial charge >= 0.3 is 6.01 Å². The number of ether oxygens (including phenoxy) is 1. The van der Waals surface area contributed by atoms with Gasteiger partial charge in [0.1, 0.15) is 5.02 Å². The van der Waals surface area contributed by atoms with Crippen LogP contribution in [-0.2, 0) is 0 Å². The van der Waals surface area contributed by atoms with E-state index in [-0.39, 0.29) is 0 Å². The van der Waals surface area contributed by atoms with Crippen molar-refractivity contribution in [2.24, 2.45) is 5.92 Å². The van der Waals surface area contributed by atoms with E-state index < -0.39 is 0 Å². The second-order valence-electron chi connectivity index (χ2n) is 5.47. The van der Waals surface area contributed by atoms with Crippen LogP contribution in [0.5, 0.6) is 6.01 Å². The Morgan fingerprint density at radius 1 is 1.45 bits per heavy atom. The molecule has 0 aliphatic carbocycles. The third-order valence-electron chi connectivity index (χ3n) is 3.70. The number of anilines is 1. The van der Waals surface area contributed by atoms with Crippen LogP contribution in [0.3, 0.4) is 0 Å². The van der Waals surface area contributed by atoms with Crippen molar-refractivity contribution in [2.45, 2.75) is 32.7 Å². The Balaban J connectivity index is 2.18. The van der Waals surface area contributed by atoms with Crippen LogP contribution in [0.1, 0.15) is 26.7 Å². The number of aromatic nitrogens is 2. The Kier molecular flexibility index (Phi) is 5.43. The first kappa shape index (κ1) is 15.3. The molecule has 1 aliphatic heterocycles. The minimum absolute atomic E-state index is 0.335. The van der Waals surface area contributed by atoms with Crippen LogP contribution >= 0.6 is 11.6 Å². The van der Waals surface area contributed by atoms with E-state index in [0.29, 0.717) is 23.0 Å². The summed E-state index contributed by atoms with van der Waals surface area (Å²) in [5.41, 5.74) is 0. The molecule has 1 fully saturated rings. The SMILES string of the molecule is COc1ncc(Cl)c(N(CC2CCNCC2)C(C)C)n1. The van der Waals surface area contributed by atoms with E-state index in [4.69, 9.17) is 16.3 Å². The van der Waals surface area contributed by atoms with E-state index in [1.165, 1.54) is 12.8 Å². The van der Waals surface area contributed by atoms with Crippen LogP contribution in [-0.4, -0.2) is 42.8 Å². The molecule has 1 aromatic rings. The van der Waals surface area contributed by atoms with Crippen molar-refractivity contribution >= 4 is 17.4 Å². The molecule has 1 aromatic heterocycles. The van der Waals surface area contributed by atoms with Gasteiger partial charge in [0.15, 0.2) is 5.82 Å². The summed E-state index contributed by atoms with van der Waals surface area (Å²) >= 11 is 6.28. The smallest absolute Gasteiger partial charge is 0.318 e. The van der Waals surface area contributed by atoms with E-state index in [9.17, 15) is 0 Å². The first-order valence-electron chi connectivity index (χ1n) is 7.15. The first-order valence-corrected chi connectivity index (χ1v) is 7.53. The maximum atomic E-state index is 6.28. The fourth-order valence-electron chi connectivity index (χ4n) is 2.53. The average molecular weight is 299 g/mol. The fourth-order valence-corrected chi connectivity index (χ4v) is 2.73. The Labute approximate surface area is 125 Å². The lowest BCUT2D eigenvalue weighted by Crippen LogP contribution is -2.40. The van der Waals surface area contributed by atoms with E-state index in [0.717, 1.165) is 25.5 Å². The predicted octanol–water partition coefficient (Wildman–Crippen LogP) is 2.35. The molecule has 2 rings (SSSR count). The summed E-state index contributed by atoms with van der Waals surface area (Å²) in [5.74, 6) is 1.45. The molecule has 0 aromatic carbocycles. The lowest BCUT2D eigenvalue weighted by atomic mass is 9.97. The highest BCUT2D eigenvalue weighted by molar-refractivity contribution is 6.32. The van der Waals surface area contributed by atoms with Crippen LogP contribution in [0, 0.1) is 5.92 Å². The number of hydrogen-bond acceptors (Lipinski definition) is 5. The second-order valence-corrected chi connectivity index (χ2v) is 5.87.